The SMILES string of the molecule is CCCc1c(OCCCN(C)c2ccc(C#N)c(C(F)(F)F)c2)ccc(C(=N)C(F)(F)F)c1[OH2+]. The second kappa shape index (κ2) is 10.7. The van der Waals surface area contributed by atoms with Gasteiger partial charge in [0.1, 0.15) is 11.3 Å². The lowest BCUT2D eigenvalue weighted by atomic mass is 10.00. The maximum atomic E-state index is 13.2. The van der Waals surface area contributed by atoms with Crippen LogP contribution in [0.3, 0.4) is 0 Å². The fourth-order valence-corrected chi connectivity index (χ4v) is 3.34. The second-order valence-electron chi connectivity index (χ2n) is 7.55. The molecule has 0 amide bonds. The summed E-state index contributed by atoms with van der Waals surface area (Å²) in [6, 6.07) is 7.29. The van der Waals surface area contributed by atoms with Gasteiger partial charge in [0, 0.05) is 19.3 Å². The molecule has 0 aliphatic rings. The van der Waals surface area contributed by atoms with Crippen LogP contribution in [0, 0.1) is 16.7 Å². The van der Waals surface area contributed by atoms with E-state index < -0.39 is 40.5 Å². The zero-order chi connectivity index (χ0) is 25.7. The second-order valence-corrected chi connectivity index (χ2v) is 7.55. The van der Waals surface area contributed by atoms with Gasteiger partial charge in [0.15, 0.2) is 5.71 Å². The van der Waals surface area contributed by atoms with Gasteiger partial charge >= 0.3 is 12.4 Å². The predicted octanol–water partition coefficient (Wildman–Crippen LogP) is 5.80. The van der Waals surface area contributed by atoms with Crippen molar-refractivity contribution in [3.8, 4) is 17.6 Å². The first kappa shape index (κ1) is 26.8. The summed E-state index contributed by atoms with van der Waals surface area (Å²) in [6.45, 7) is 2.21. The third-order valence-electron chi connectivity index (χ3n) is 5.09. The molecule has 0 heterocycles. The molecule has 0 aliphatic heterocycles. The van der Waals surface area contributed by atoms with E-state index >= 15 is 0 Å². The summed E-state index contributed by atoms with van der Waals surface area (Å²) in [4.78, 5) is 1.57. The van der Waals surface area contributed by atoms with Gasteiger partial charge in [0.2, 0.25) is 0 Å². The van der Waals surface area contributed by atoms with Crippen LogP contribution in [0.25, 0.3) is 0 Å². The Hall–Kier alpha value is -3.42. The van der Waals surface area contributed by atoms with Gasteiger partial charge in [-0.1, -0.05) is 13.3 Å². The molecule has 3 N–H and O–H groups in total. The molecule has 11 heteroatoms. The van der Waals surface area contributed by atoms with Crippen LogP contribution in [0.4, 0.5) is 32.0 Å². The van der Waals surface area contributed by atoms with Crippen molar-refractivity contribution in [2.75, 3.05) is 25.1 Å². The van der Waals surface area contributed by atoms with Crippen molar-refractivity contribution in [1.29, 1.82) is 10.7 Å². The lowest BCUT2D eigenvalue weighted by molar-refractivity contribution is -0.137. The van der Waals surface area contributed by atoms with Crippen LogP contribution in [0.2, 0.25) is 0 Å². The molecule has 0 atom stereocenters. The third kappa shape index (κ3) is 6.34. The van der Waals surface area contributed by atoms with Gasteiger partial charge in [0.25, 0.3) is 5.75 Å². The number of benzene rings is 2. The summed E-state index contributed by atoms with van der Waals surface area (Å²) in [5, 5.41) is 24.3. The number of halogens is 6. The number of ether oxygens (including phenoxy) is 1. The van der Waals surface area contributed by atoms with Gasteiger partial charge in [-0.05, 0) is 43.2 Å². The average molecular weight is 488 g/mol. The summed E-state index contributed by atoms with van der Waals surface area (Å²) in [7, 11) is 1.59. The van der Waals surface area contributed by atoms with E-state index in [-0.39, 0.29) is 23.6 Å². The Morgan fingerprint density at radius 1 is 1.15 bits per heavy atom. The molecule has 0 aliphatic carbocycles. The van der Waals surface area contributed by atoms with E-state index in [1.807, 2.05) is 0 Å². The van der Waals surface area contributed by atoms with Crippen molar-refractivity contribution in [3.05, 3.63) is 52.6 Å². The molecule has 34 heavy (non-hydrogen) atoms. The fraction of sp³-hybridized carbons (Fsp3) is 0.391. The highest BCUT2D eigenvalue weighted by atomic mass is 19.4. The third-order valence-corrected chi connectivity index (χ3v) is 5.09. The maximum Gasteiger partial charge on any atom is 0.433 e. The van der Waals surface area contributed by atoms with Gasteiger partial charge in [-0.2, -0.15) is 31.6 Å². The van der Waals surface area contributed by atoms with Crippen molar-refractivity contribution in [3.63, 3.8) is 0 Å². The number of anilines is 1. The van der Waals surface area contributed by atoms with E-state index in [1.54, 1.807) is 18.9 Å². The molecular formula is C23H24F6N3O2+. The number of hydrogen-bond donors (Lipinski definition) is 1. The normalized spacial score (nSPS) is 11.7. The number of nitriles is 1. The van der Waals surface area contributed by atoms with Crippen LogP contribution in [-0.2, 0) is 12.6 Å². The first-order valence-electron chi connectivity index (χ1n) is 10.3. The lowest BCUT2D eigenvalue weighted by Gasteiger charge is -2.21. The van der Waals surface area contributed by atoms with Crippen LogP contribution in [0.5, 0.6) is 11.5 Å². The molecule has 0 unspecified atom stereocenters. The summed E-state index contributed by atoms with van der Waals surface area (Å²) >= 11 is 0. The summed E-state index contributed by atoms with van der Waals surface area (Å²) in [6.07, 6.45) is -8.32. The zero-order valence-electron chi connectivity index (χ0n) is 18.5. The number of alkyl halides is 6. The maximum absolute atomic E-state index is 13.2. The van der Waals surface area contributed by atoms with Crippen molar-refractivity contribution < 1.29 is 36.2 Å². The van der Waals surface area contributed by atoms with E-state index in [2.05, 4.69) is 0 Å². The smallest absolute Gasteiger partial charge is 0.433 e. The number of nitrogens with one attached hydrogen (secondary N) is 1. The lowest BCUT2D eigenvalue weighted by Crippen LogP contribution is -2.23. The van der Waals surface area contributed by atoms with Crippen molar-refractivity contribution >= 4 is 11.4 Å². The Labute approximate surface area is 192 Å². The minimum absolute atomic E-state index is 0.110. The molecule has 0 fully saturated rings. The quantitative estimate of drug-likeness (QED) is 0.210. The molecule has 0 saturated carbocycles. The van der Waals surface area contributed by atoms with E-state index in [9.17, 15) is 26.3 Å². The molecule has 0 radical (unpaired) electrons. The molecule has 184 valence electrons. The largest absolute Gasteiger partial charge is 0.593 e. The van der Waals surface area contributed by atoms with Crippen LogP contribution in [0.1, 0.15) is 42.0 Å². The Kier molecular flexibility index (Phi) is 8.42. The standard InChI is InChI=1S/C23H23F6N3O2/c1-3-5-16-19(9-8-17(20(16)33)21(31)23(27,28)29)34-11-4-10-32(2)15-7-6-14(13-30)18(12-15)22(24,25)26/h6-9,12,31,33H,3-5,10-11H2,1-2H3/p+1. The van der Waals surface area contributed by atoms with Gasteiger partial charge in [-0.15, -0.1) is 0 Å². The van der Waals surface area contributed by atoms with Gasteiger partial charge in [0.05, 0.1) is 29.4 Å². The van der Waals surface area contributed by atoms with Crippen LogP contribution in [0.15, 0.2) is 30.3 Å². The molecule has 2 rings (SSSR count). The zero-order valence-corrected chi connectivity index (χ0v) is 18.5. The Bertz CT molecular complexity index is 1070. The fourth-order valence-electron chi connectivity index (χ4n) is 3.34. The van der Waals surface area contributed by atoms with Gasteiger partial charge in [-0.3, -0.25) is 5.41 Å². The average Bonchev–Trinajstić information content (AvgIpc) is 2.76. The summed E-state index contributed by atoms with van der Waals surface area (Å²) in [5.41, 5.74) is -3.07. The van der Waals surface area contributed by atoms with E-state index in [0.29, 0.717) is 25.8 Å². The highest BCUT2D eigenvalue weighted by Gasteiger charge is 2.39. The molecular weight excluding hydrogens is 464 g/mol. The number of rotatable bonds is 9. The molecule has 0 saturated heterocycles. The molecule has 2 aromatic carbocycles. The molecule has 5 nitrogen and oxygen atoms in total. The Morgan fingerprint density at radius 2 is 1.82 bits per heavy atom. The minimum atomic E-state index is -4.87. The number of hydrogen-bond acceptors (Lipinski definition) is 4. The van der Waals surface area contributed by atoms with Crippen LogP contribution >= 0.6 is 0 Å². The van der Waals surface area contributed by atoms with Crippen LogP contribution in [-0.4, -0.2) is 37.2 Å². The number of nitrogens with zero attached hydrogens (tertiary/aromatic N) is 2. The van der Waals surface area contributed by atoms with Gasteiger partial charge in [-0.25, -0.2) is 0 Å². The van der Waals surface area contributed by atoms with Crippen molar-refractivity contribution in [1.82, 2.24) is 0 Å². The molecule has 0 spiro atoms. The molecule has 0 aromatic heterocycles. The summed E-state index contributed by atoms with van der Waals surface area (Å²) in [5.74, 6) is -0.165. The highest BCUT2D eigenvalue weighted by Crippen LogP contribution is 2.36. The predicted molar refractivity (Wildman–Crippen MR) is 116 cm³/mol. The first-order valence-corrected chi connectivity index (χ1v) is 10.3. The van der Waals surface area contributed by atoms with E-state index in [1.165, 1.54) is 18.2 Å². The van der Waals surface area contributed by atoms with Crippen molar-refractivity contribution in [2.45, 2.75) is 38.5 Å². The van der Waals surface area contributed by atoms with Crippen LogP contribution < -0.4 is 9.64 Å². The Morgan fingerprint density at radius 3 is 2.38 bits per heavy atom. The van der Waals surface area contributed by atoms with Crippen molar-refractivity contribution in [2.24, 2.45) is 0 Å². The summed E-state index contributed by atoms with van der Waals surface area (Å²) < 4.78 is 83.9. The molecule has 2 aromatic rings. The first-order chi connectivity index (χ1) is 15.8. The van der Waals surface area contributed by atoms with Gasteiger partial charge < -0.3 is 14.7 Å². The highest BCUT2D eigenvalue weighted by molar-refractivity contribution is 6.04. The van der Waals surface area contributed by atoms with E-state index in [4.69, 9.17) is 20.5 Å². The Balaban J connectivity index is 2.09. The topological polar surface area (TPSA) is 83.0 Å². The molecule has 0 bridgehead atoms. The minimum Gasteiger partial charge on any atom is -0.593 e. The monoisotopic (exact) mass is 488 g/mol. The van der Waals surface area contributed by atoms with E-state index in [0.717, 1.165) is 18.2 Å².